The van der Waals surface area contributed by atoms with Gasteiger partial charge in [0.2, 0.25) is 0 Å². The highest BCUT2D eigenvalue weighted by atomic mass is 19.4. The van der Waals surface area contributed by atoms with E-state index in [9.17, 15) is 18.0 Å². The number of ether oxygens (including phenoxy) is 3. The molecule has 1 aromatic carbocycles. The number of hydrogen-bond acceptors (Lipinski definition) is 7. The summed E-state index contributed by atoms with van der Waals surface area (Å²) >= 11 is 0. The third-order valence-electron chi connectivity index (χ3n) is 5.22. The monoisotopic (exact) mass is 450 g/mol. The smallest absolute Gasteiger partial charge is 0.433 e. The molecule has 10 heteroatoms. The molecule has 1 unspecified atom stereocenters. The summed E-state index contributed by atoms with van der Waals surface area (Å²) in [7, 11) is 0. The number of carbonyl (C=O) groups excluding carboxylic acids is 1. The molecule has 0 radical (unpaired) electrons. The van der Waals surface area contributed by atoms with Crippen molar-refractivity contribution in [3.05, 3.63) is 59.1 Å². The number of aromatic nitrogens is 1. The van der Waals surface area contributed by atoms with Crippen LogP contribution >= 0.6 is 0 Å². The lowest BCUT2D eigenvalue weighted by Crippen LogP contribution is -2.45. The van der Waals surface area contributed by atoms with Crippen LogP contribution < -0.4 is 10.5 Å². The molecule has 0 aliphatic carbocycles. The van der Waals surface area contributed by atoms with Gasteiger partial charge in [-0.15, -0.1) is 0 Å². The third kappa shape index (κ3) is 4.56. The summed E-state index contributed by atoms with van der Waals surface area (Å²) in [6.07, 6.45) is -2.93. The number of halogens is 3. The van der Waals surface area contributed by atoms with Crippen LogP contribution in [0.2, 0.25) is 0 Å². The van der Waals surface area contributed by atoms with Crippen molar-refractivity contribution in [3.63, 3.8) is 0 Å². The molecule has 3 heterocycles. The predicted molar refractivity (Wildman–Crippen MR) is 107 cm³/mol. The molecule has 0 saturated carbocycles. The molecule has 0 bridgehead atoms. The van der Waals surface area contributed by atoms with Crippen LogP contribution in [0, 0.1) is 6.92 Å². The van der Waals surface area contributed by atoms with Crippen molar-refractivity contribution in [3.8, 4) is 5.75 Å². The van der Waals surface area contributed by atoms with Gasteiger partial charge in [0.05, 0.1) is 12.1 Å². The number of fused-ring (bicyclic) bond motifs is 1. The van der Waals surface area contributed by atoms with Crippen LogP contribution in [-0.2, 0) is 22.3 Å². The number of aryl methyl sites for hydroxylation is 1. The summed E-state index contributed by atoms with van der Waals surface area (Å²) in [6, 6.07) is 7.37. The minimum absolute atomic E-state index is 0.00460. The van der Waals surface area contributed by atoms with Crippen molar-refractivity contribution >= 4 is 16.9 Å². The highest BCUT2D eigenvalue weighted by molar-refractivity contribution is 6.04. The number of nitrogens with zero attached hydrogens (tertiary/aromatic N) is 1. The van der Waals surface area contributed by atoms with Crippen LogP contribution in [0.1, 0.15) is 33.8 Å². The maximum atomic E-state index is 13.1. The van der Waals surface area contributed by atoms with Gasteiger partial charge >= 0.3 is 12.1 Å². The van der Waals surface area contributed by atoms with E-state index in [1.54, 1.807) is 19.1 Å². The first kappa shape index (κ1) is 22.1. The Hall–Kier alpha value is -3.11. The fourth-order valence-electron chi connectivity index (χ4n) is 3.53. The first-order chi connectivity index (χ1) is 15.2. The molecule has 7 nitrogen and oxygen atoms in total. The van der Waals surface area contributed by atoms with Crippen molar-refractivity contribution in [1.82, 2.24) is 4.98 Å². The van der Waals surface area contributed by atoms with Gasteiger partial charge in [0.15, 0.2) is 5.69 Å². The molecular formula is C22H21F3N2O5. The lowest BCUT2D eigenvalue weighted by molar-refractivity contribution is -0.142. The first-order valence-electron chi connectivity index (χ1n) is 9.87. The van der Waals surface area contributed by atoms with Gasteiger partial charge in [0.1, 0.15) is 35.9 Å². The van der Waals surface area contributed by atoms with E-state index in [1.165, 1.54) is 18.2 Å². The Kier molecular flexibility index (Phi) is 5.83. The van der Waals surface area contributed by atoms with E-state index in [1.807, 2.05) is 0 Å². The van der Waals surface area contributed by atoms with E-state index in [4.69, 9.17) is 24.4 Å². The fourth-order valence-corrected chi connectivity index (χ4v) is 3.53. The van der Waals surface area contributed by atoms with Crippen molar-refractivity contribution < 1.29 is 36.6 Å². The first-order valence-corrected chi connectivity index (χ1v) is 9.87. The maximum absolute atomic E-state index is 13.1. The lowest BCUT2D eigenvalue weighted by Gasteiger charge is -2.20. The van der Waals surface area contributed by atoms with E-state index in [0.29, 0.717) is 36.4 Å². The molecule has 1 atom stereocenters. The van der Waals surface area contributed by atoms with Gasteiger partial charge in [-0.1, -0.05) is 6.07 Å². The number of nitrogens with two attached hydrogens (primary N) is 1. The van der Waals surface area contributed by atoms with E-state index >= 15 is 0 Å². The summed E-state index contributed by atoms with van der Waals surface area (Å²) in [5, 5.41) is 0.431. The van der Waals surface area contributed by atoms with Gasteiger partial charge in [-0.3, -0.25) is 4.98 Å². The Morgan fingerprint density at radius 2 is 2.12 bits per heavy atom. The van der Waals surface area contributed by atoms with Gasteiger partial charge < -0.3 is 24.4 Å². The maximum Gasteiger partial charge on any atom is 0.433 e. The van der Waals surface area contributed by atoms with E-state index in [2.05, 4.69) is 4.98 Å². The highest BCUT2D eigenvalue weighted by Gasteiger charge is 2.35. The Morgan fingerprint density at radius 3 is 2.84 bits per heavy atom. The summed E-state index contributed by atoms with van der Waals surface area (Å²) in [5.74, 6) is 0.00747. The molecule has 4 rings (SSSR count). The van der Waals surface area contributed by atoms with Gasteiger partial charge in [-0.2, -0.15) is 13.2 Å². The van der Waals surface area contributed by atoms with Gasteiger partial charge in [0, 0.05) is 23.8 Å². The van der Waals surface area contributed by atoms with E-state index < -0.39 is 23.4 Å². The van der Waals surface area contributed by atoms with Gasteiger partial charge in [-0.25, -0.2) is 4.79 Å². The largest absolute Gasteiger partial charge is 0.489 e. The molecule has 32 heavy (non-hydrogen) atoms. The zero-order valence-electron chi connectivity index (χ0n) is 17.2. The number of hydrogen-bond donors (Lipinski definition) is 1. The number of benzene rings is 1. The van der Waals surface area contributed by atoms with Crippen LogP contribution in [0.15, 0.2) is 40.9 Å². The topological polar surface area (TPSA) is 96.8 Å². The lowest BCUT2D eigenvalue weighted by atomic mass is 10.0. The molecule has 3 aromatic rings. The Morgan fingerprint density at radius 1 is 1.31 bits per heavy atom. The van der Waals surface area contributed by atoms with Crippen molar-refractivity contribution in [2.45, 2.75) is 31.7 Å². The SMILES string of the molecule is Cc1oc2ccc(OCc3cccnc3C(F)(F)F)cc2c1C(=O)OCC1(N)CCOC1. The number of esters is 1. The van der Waals surface area contributed by atoms with Crippen LogP contribution in [0.3, 0.4) is 0 Å². The molecule has 170 valence electrons. The number of rotatable bonds is 6. The van der Waals surface area contributed by atoms with Crippen LogP contribution in [0.4, 0.5) is 13.2 Å². The standard InChI is InChI=1S/C22H21F3N2O5/c1-13-18(20(28)31-12-21(26)6-8-29-11-21)16-9-15(4-5-17(16)32-13)30-10-14-3-2-7-27-19(14)22(23,24)25/h2-5,7,9H,6,8,10-12,26H2,1H3. The van der Waals surface area contributed by atoms with Crippen LogP contribution in [-0.4, -0.2) is 36.3 Å². The molecule has 0 spiro atoms. The van der Waals surface area contributed by atoms with Crippen molar-refractivity contribution in [2.75, 3.05) is 19.8 Å². The molecule has 2 N–H and O–H groups in total. The summed E-state index contributed by atoms with van der Waals surface area (Å²) in [6.45, 7) is 2.09. The van der Waals surface area contributed by atoms with Crippen LogP contribution in [0.25, 0.3) is 11.0 Å². The predicted octanol–water partition coefficient (Wildman–Crippen LogP) is 4.01. The number of pyridine rings is 1. The Labute approximate surface area is 181 Å². The Balaban J connectivity index is 1.53. The van der Waals surface area contributed by atoms with Crippen molar-refractivity contribution in [2.24, 2.45) is 5.73 Å². The molecule has 1 fully saturated rings. The Bertz CT molecular complexity index is 1140. The van der Waals surface area contributed by atoms with Gasteiger partial charge in [0.25, 0.3) is 0 Å². The van der Waals surface area contributed by atoms with Gasteiger partial charge in [-0.05, 0) is 37.6 Å². The minimum atomic E-state index is -4.59. The second-order valence-electron chi connectivity index (χ2n) is 7.73. The quantitative estimate of drug-likeness (QED) is 0.567. The normalized spacial score (nSPS) is 18.8. The summed E-state index contributed by atoms with van der Waals surface area (Å²) in [4.78, 5) is 16.1. The average Bonchev–Trinajstić information content (AvgIpc) is 3.32. The fraction of sp³-hybridized carbons (Fsp3) is 0.364. The van der Waals surface area contributed by atoms with E-state index in [-0.39, 0.29) is 30.1 Å². The summed E-state index contributed by atoms with van der Waals surface area (Å²) in [5.41, 5.74) is 4.95. The molecule has 1 aliphatic rings. The minimum Gasteiger partial charge on any atom is -0.489 e. The number of alkyl halides is 3. The van der Waals surface area contributed by atoms with E-state index in [0.717, 1.165) is 6.20 Å². The molecule has 1 aliphatic heterocycles. The molecular weight excluding hydrogens is 429 g/mol. The number of furan rings is 1. The average molecular weight is 450 g/mol. The summed E-state index contributed by atoms with van der Waals surface area (Å²) < 4.78 is 61.3. The van der Waals surface area contributed by atoms with Crippen molar-refractivity contribution in [1.29, 1.82) is 0 Å². The molecule has 2 aromatic heterocycles. The number of carbonyl (C=O) groups is 1. The molecule has 1 saturated heterocycles. The van der Waals surface area contributed by atoms with Crippen LogP contribution in [0.5, 0.6) is 5.75 Å². The molecule has 0 amide bonds. The highest BCUT2D eigenvalue weighted by Crippen LogP contribution is 2.32. The zero-order chi connectivity index (χ0) is 22.9. The zero-order valence-corrected chi connectivity index (χ0v) is 17.2. The second-order valence-corrected chi connectivity index (χ2v) is 7.73. The third-order valence-corrected chi connectivity index (χ3v) is 5.22. The second kappa shape index (κ2) is 8.44.